The molecule has 1 rings (SSSR count). The lowest BCUT2D eigenvalue weighted by molar-refractivity contribution is 0.332. The largest absolute Gasteiger partial charge is 0.328 e. The van der Waals surface area contributed by atoms with Crippen molar-refractivity contribution >= 4 is 0 Å². The Balaban J connectivity index is 2.60. The fourth-order valence-corrected chi connectivity index (χ4v) is 1.11. The Hall–Kier alpha value is -1.40. The molecule has 14 heavy (non-hydrogen) atoms. The quantitative estimate of drug-likeness (QED) is 0.467. The van der Waals surface area contributed by atoms with Crippen LogP contribution in [0.1, 0.15) is 6.42 Å². The van der Waals surface area contributed by atoms with Crippen molar-refractivity contribution < 1.29 is 0 Å². The van der Waals surface area contributed by atoms with Crippen LogP contribution in [-0.2, 0) is 6.54 Å². The van der Waals surface area contributed by atoms with Crippen LogP contribution in [0.3, 0.4) is 0 Å². The maximum atomic E-state index is 11.2. The molecule has 0 atom stereocenters. The van der Waals surface area contributed by atoms with E-state index in [1.165, 1.54) is 16.8 Å². The normalized spacial score (nSPS) is 10.8. The molecule has 1 aromatic heterocycles. The molecule has 0 fully saturated rings. The number of aromatic nitrogens is 2. The van der Waals surface area contributed by atoms with Crippen LogP contribution in [0, 0.1) is 0 Å². The number of nitrogens with two attached hydrogens (primary N) is 1. The molecule has 0 saturated heterocycles. The molecule has 78 valence electrons. The van der Waals surface area contributed by atoms with Gasteiger partial charge < -0.3 is 4.57 Å². The summed E-state index contributed by atoms with van der Waals surface area (Å²) in [7, 11) is 1.76. The van der Waals surface area contributed by atoms with Gasteiger partial charge in [-0.3, -0.25) is 20.6 Å². The van der Waals surface area contributed by atoms with Gasteiger partial charge >= 0.3 is 5.69 Å². The van der Waals surface area contributed by atoms with Gasteiger partial charge in [-0.05, 0) is 6.42 Å². The lowest BCUT2D eigenvalue weighted by Gasteiger charge is -2.09. The van der Waals surface area contributed by atoms with E-state index in [4.69, 9.17) is 5.84 Å². The summed E-state index contributed by atoms with van der Waals surface area (Å²) in [5, 5.41) is 1.55. The number of aryl methyl sites for hydroxylation is 1. The third-order valence-corrected chi connectivity index (χ3v) is 1.81. The number of aromatic amines is 1. The second-order valence-corrected chi connectivity index (χ2v) is 3.14. The summed E-state index contributed by atoms with van der Waals surface area (Å²) >= 11 is 0. The Morgan fingerprint density at radius 2 is 2.29 bits per heavy atom. The van der Waals surface area contributed by atoms with Crippen molar-refractivity contribution in [2.75, 3.05) is 13.6 Å². The molecule has 0 aromatic carbocycles. The minimum absolute atomic E-state index is 0.373. The second kappa shape index (κ2) is 4.73. The molecule has 0 amide bonds. The summed E-state index contributed by atoms with van der Waals surface area (Å²) in [5.74, 6) is 5.41. The van der Waals surface area contributed by atoms with Gasteiger partial charge in [0, 0.05) is 32.4 Å². The second-order valence-electron chi connectivity index (χ2n) is 3.14. The Bertz CT molecular complexity index is 393. The van der Waals surface area contributed by atoms with E-state index in [2.05, 4.69) is 4.98 Å². The van der Waals surface area contributed by atoms with E-state index in [-0.39, 0.29) is 11.2 Å². The standard InChI is InChI=1S/C8H14N4O2/c1-11(9)4-2-5-12-6-3-7(13)10-8(12)14/h3,6H,2,4-5,9H2,1H3,(H,10,13,14). The number of H-pyrrole nitrogens is 1. The van der Waals surface area contributed by atoms with Gasteiger partial charge in [0.1, 0.15) is 0 Å². The van der Waals surface area contributed by atoms with Gasteiger partial charge in [-0.25, -0.2) is 4.79 Å². The van der Waals surface area contributed by atoms with E-state index in [0.717, 1.165) is 6.42 Å². The van der Waals surface area contributed by atoms with Crippen molar-refractivity contribution in [1.29, 1.82) is 0 Å². The zero-order valence-electron chi connectivity index (χ0n) is 8.06. The maximum absolute atomic E-state index is 11.2. The molecular weight excluding hydrogens is 184 g/mol. The first-order valence-electron chi connectivity index (χ1n) is 4.35. The third kappa shape index (κ3) is 3.15. The summed E-state index contributed by atoms with van der Waals surface area (Å²) in [5.41, 5.74) is -0.751. The van der Waals surface area contributed by atoms with E-state index in [1.807, 2.05) is 0 Å². The molecule has 1 aromatic rings. The highest BCUT2D eigenvalue weighted by Crippen LogP contribution is 1.85. The lowest BCUT2D eigenvalue weighted by Crippen LogP contribution is -2.31. The van der Waals surface area contributed by atoms with Crippen molar-refractivity contribution in [3.8, 4) is 0 Å². The van der Waals surface area contributed by atoms with Crippen LogP contribution in [0.2, 0.25) is 0 Å². The van der Waals surface area contributed by atoms with Gasteiger partial charge in [0.25, 0.3) is 5.56 Å². The van der Waals surface area contributed by atoms with Crippen LogP contribution < -0.4 is 17.1 Å². The van der Waals surface area contributed by atoms with Gasteiger partial charge in [-0.15, -0.1) is 0 Å². The summed E-state index contributed by atoms with van der Waals surface area (Å²) < 4.78 is 1.45. The molecule has 0 aliphatic rings. The molecular formula is C8H14N4O2. The summed E-state index contributed by atoms with van der Waals surface area (Å²) in [6.45, 7) is 1.25. The van der Waals surface area contributed by atoms with Gasteiger partial charge in [0.2, 0.25) is 0 Å². The first-order chi connectivity index (χ1) is 6.59. The SMILES string of the molecule is CN(N)CCCn1ccc(=O)[nH]c1=O. The zero-order chi connectivity index (χ0) is 10.6. The summed E-state index contributed by atoms with van der Waals surface area (Å²) in [4.78, 5) is 24.1. The molecule has 0 radical (unpaired) electrons. The number of hydrogen-bond donors (Lipinski definition) is 2. The highest BCUT2D eigenvalue weighted by molar-refractivity contribution is 4.82. The van der Waals surface area contributed by atoms with E-state index >= 15 is 0 Å². The van der Waals surface area contributed by atoms with Crippen LogP contribution in [0.4, 0.5) is 0 Å². The Morgan fingerprint density at radius 1 is 1.57 bits per heavy atom. The first-order valence-corrected chi connectivity index (χ1v) is 4.35. The van der Waals surface area contributed by atoms with E-state index < -0.39 is 0 Å². The van der Waals surface area contributed by atoms with Gasteiger partial charge in [0.05, 0.1) is 0 Å². The third-order valence-electron chi connectivity index (χ3n) is 1.81. The molecule has 3 N–H and O–H groups in total. The number of nitrogens with one attached hydrogen (secondary N) is 1. The number of hydrazine groups is 1. The van der Waals surface area contributed by atoms with E-state index in [1.54, 1.807) is 12.1 Å². The van der Waals surface area contributed by atoms with Crippen LogP contribution in [0.15, 0.2) is 21.9 Å². The molecule has 0 saturated carbocycles. The zero-order valence-corrected chi connectivity index (χ0v) is 8.06. The van der Waals surface area contributed by atoms with E-state index in [0.29, 0.717) is 13.1 Å². The van der Waals surface area contributed by atoms with Crippen molar-refractivity contribution in [3.05, 3.63) is 33.1 Å². The number of rotatable bonds is 4. The molecule has 6 nitrogen and oxygen atoms in total. The Kier molecular flexibility index (Phi) is 3.61. The monoisotopic (exact) mass is 198 g/mol. The number of nitrogens with zero attached hydrogens (tertiary/aromatic N) is 2. The topological polar surface area (TPSA) is 84.1 Å². The van der Waals surface area contributed by atoms with Crippen LogP contribution in [0.5, 0.6) is 0 Å². The fraction of sp³-hybridized carbons (Fsp3) is 0.500. The lowest BCUT2D eigenvalue weighted by atomic mass is 10.4. The van der Waals surface area contributed by atoms with Crippen molar-refractivity contribution in [3.63, 3.8) is 0 Å². The van der Waals surface area contributed by atoms with Crippen molar-refractivity contribution in [1.82, 2.24) is 14.6 Å². The molecule has 0 unspecified atom stereocenters. The number of hydrogen-bond acceptors (Lipinski definition) is 4. The Morgan fingerprint density at radius 3 is 2.86 bits per heavy atom. The maximum Gasteiger partial charge on any atom is 0.328 e. The van der Waals surface area contributed by atoms with Crippen LogP contribution in [0.25, 0.3) is 0 Å². The van der Waals surface area contributed by atoms with Crippen molar-refractivity contribution in [2.45, 2.75) is 13.0 Å². The highest BCUT2D eigenvalue weighted by Gasteiger charge is 1.96. The predicted octanol–water partition coefficient (Wildman–Crippen LogP) is -1.27. The minimum atomic E-state index is -0.378. The highest BCUT2D eigenvalue weighted by atomic mass is 16.2. The van der Waals surface area contributed by atoms with Gasteiger partial charge in [-0.1, -0.05) is 0 Å². The molecule has 0 aliphatic carbocycles. The average molecular weight is 198 g/mol. The molecule has 0 aliphatic heterocycles. The minimum Gasteiger partial charge on any atom is -0.301 e. The van der Waals surface area contributed by atoms with Crippen LogP contribution in [-0.4, -0.2) is 28.2 Å². The first kappa shape index (κ1) is 10.7. The summed E-state index contributed by atoms with van der Waals surface area (Å²) in [6, 6.07) is 1.33. The predicted molar refractivity (Wildman–Crippen MR) is 52.8 cm³/mol. The molecule has 1 heterocycles. The molecule has 6 heteroatoms. The smallest absolute Gasteiger partial charge is 0.301 e. The molecule has 0 bridgehead atoms. The Labute approximate surface area is 80.9 Å². The van der Waals surface area contributed by atoms with Gasteiger partial charge in [-0.2, -0.15) is 0 Å². The van der Waals surface area contributed by atoms with Crippen molar-refractivity contribution in [2.24, 2.45) is 5.84 Å². The van der Waals surface area contributed by atoms with Gasteiger partial charge in [0.15, 0.2) is 0 Å². The average Bonchev–Trinajstić information content (AvgIpc) is 2.08. The van der Waals surface area contributed by atoms with E-state index in [9.17, 15) is 9.59 Å². The summed E-state index contributed by atoms with van der Waals surface area (Å²) in [6.07, 6.45) is 2.25. The molecule has 0 spiro atoms. The van der Waals surface area contributed by atoms with Crippen LogP contribution >= 0.6 is 0 Å². The fourth-order valence-electron chi connectivity index (χ4n) is 1.11.